The van der Waals surface area contributed by atoms with Crippen LogP contribution in [0, 0.1) is 40.4 Å². The van der Waals surface area contributed by atoms with Crippen molar-refractivity contribution in [3.63, 3.8) is 0 Å². The molecule has 47 heavy (non-hydrogen) atoms. The topological polar surface area (TPSA) is 29.3 Å². The predicted molar refractivity (Wildman–Crippen MR) is 206 cm³/mol. The molecule has 268 valence electrons. The molecule has 0 radical (unpaired) electrons. The molecule has 7 unspecified atom stereocenters. The van der Waals surface area contributed by atoms with Crippen molar-refractivity contribution >= 4 is 11.5 Å². The fraction of sp³-hybridized carbons (Fsp3) is 0.750. The van der Waals surface area contributed by atoms with Gasteiger partial charge >= 0.3 is 5.97 Å². The summed E-state index contributed by atoms with van der Waals surface area (Å²) in [5.41, 5.74) is 4.91. The van der Waals surface area contributed by atoms with E-state index in [4.69, 9.17) is 4.74 Å². The van der Waals surface area contributed by atoms with Crippen LogP contribution in [-0.2, 0) is 4.74 Å². The maximum absolute atomic E-state index is 12.0. The number of nitrogens with zero attached hydrogens (tertiary/aromatic N) is 1. The molecule has 3 saturated carbocycles. The van der Waals surface area contributed by atoms with Crippen LogP contribution in [0.15, 0.2) is 43.0 Å². The van der Waals surface area contributed by atoms with Crippen LogP contribution in [0.5, 0.6) is 0 Å². The first kappa shape index (κ1) is 41.3. The summed E-state index contributed by atoms with van der Waals surface area (Å²) in [6, 6.07) is 8.14. The molecule has 0 aromatic heterocycles. The number of rotatable bonds is 6. The molecule has 3 heteroatoms. The zero-order valence-electron chi connectivity index (χ0n) is 33.0. The third kappa shape index (κ3) is 8.48. The van der Waals surface area contributed by atoms with E-state index in [-0.39, 0.29) is 5.97 Å². The molecule has 0 N–H and O–H groups in total. The molecule has 5 aliphatic rings. The van der Waals surface area contributed by atoms with Crippen LogP contribution in [0.4, 0.5) is 0 Å². The summed E-state index contributed by atoms with van der Waals surface area (Å²) >= 11 is 0. The molecule has 1 aromatic carbocycles. The Balaban J connectivity index is 0.000000782. The van der Waals surface area contributed by atoms with Gasteiger partial charge in [-0.3, -0.25) is 4.90 Å². The SMILES string of the molecule is C=CC.CC.CC.CC.CCCC1C(C)C(c2ccc(C(=O)OC)cc2)=CCC1(C)C1CCC2C3CCCC3(N3CC3)CC[C@@]2(C)C1. The Bertz CT molecular complexity index is 1120. The molecule has 6 rings (SSSR count). The Kier molecular flexibility index (Phi) is 16.5. The lowest BCUT2D eigenvalue weighted by molar-refractivity contribution is -0.0969. The highest BCUT2D eigenvalue weighted by Crippen LogP contribution is 2.66. The molecule has 1 aliphatic heterocycles. The van der Waals surface area contributed by atoms with E-state index in [2.05, 4.69) is 57.4 Å². The minimum atomic E-state index is -0.255. The van der Waals surface area contributed by atoms with Crippen molar-refractivity contribution in [3.05, 3.63) is 54.1 Å². The summed E-state index contributed by atoms with van der Waals surface area (Å²) in [6.45, 7) is 30.2. The van der Waals surface area contributed by atoms with E-state index in [1.54, 1.807) is 6.08 Å². The average Bonchev–Trinajstić information content (AvgIpc) is 3.88. The number of ether oxygens (including phenoxy) is 1. The van der Waals surface area contributed by atoms with Gasteiger partial charge in [-0.05, 0) is 128 Å². The third-order valence-corrected chi connectivity index (χ3v) is 12.8. The van der Waals surface area contributed by atoms with Gasteiger partial charge in [-0.2, -0.15) is 0 Å². The number of benzene rings is 1. The number of carbonyl (C=O) groups is 1. The number of methoxy groups -OCH3 is 1. The fourth-order valence-electron chi connectivity index (χ4n) is 10.7. The van der Waals surface area contributed by atoms with Crippen LogP contribution in [0.1, 0.15) is 163 Å². The first-order valence-corrected chi connectivity index (χ1v) is 19.9. The van der Waals surface area contributed by atoms with Crippen LogP contribution < -0.4 is 0 Å². The van der Waals surface area contributed by atoms with Gasteiger partial charge in [-0.15, -0.1) is 6.58 Å². The maximum Gasteiger partial charge on any atom is 0.337 e. The van der Waals surface area contributed by atoms with Gasteiger partial charge in [0.2, 0.25) is 0 Å². The molecule has 0 amide bonds. The summed E-state index contributed by atoms with van der Waals surface area (Å²) < 4.78 is 4.92. The number of hydrogen-bond donors (Lipinski definition) is 0. The van der Waals surface area contributed by atoms with Crippen molar-refractivity contribution in [1.29, 1.82) is 0 Å². The van der Waals surface area contributed by atoms with E-state index < -0.39 is 0 Å². The molecular weight excluding hydrogens is 574 g/mol. The summed E-state index contributed by atoms with van der Waals surface area (Å²) in [6.07, 6.45) is 19.8. The molecule has 0 bridgehead atoms. The molecule has 4 fully saturated rings. The van der Waals surface area contributed by atoms with Crippen molar-refractivity contribution in [1.82, 2.24) is 4.90 Å². The molecule has 4 aliphatic carbocycles. The normalized spacial score (nSPS) is 35.1. The van der Waals surface area contributed by atoms with Crippen LogP contribution in [0.3, 0.4) is 0 Å². The highest BCUT2D eigenvalue weighted by Gasteiger charge is 2.62. The quantitative estimate of drug-likeness (QED) is 0.174. The Morgan fingerprint density at radius 3 is 2.13 bits per heavy atom. The van der Waals surface area contributed by atoms with Gasteiger partial charge in [-0.1, -0.05) is 106 Å². The second-order valence-electron chi connectivity index (χ2n) is 14.9. The summed E-state index contributed by atoms with van der Waals surface area (Å²) in [7, 11) is 1.45. The first-order valence-electron chi connectivity index (χ1n) is 19.9. The Labute approximate surface area is 292 Å². The van der Waals surface area contributed by atoms with Crippen LogP contribution in [-0.4, -0.2) is 36.6 Å². The zero-order valence-corrected chi connectivity index (χ0v) is 33.0. The molecule has 3 nitrogen and oxygen atoms in total. The first-order chi connectivity index (χ1) is 22.7. The minimum Gasteiger partial charge on any atom is -0.465 e. The maximum atomic E-state index is 12.0. The highest BCUT2D eigenvalue weighted by molar-refractivity contribution is 5.89. The summed E-state index contributed by atoms with van der Waals surface area (Å²) in [4.78, 5) is 14.8. The van der Waals surface area contributed by atoms with Gasteiger partial charge in [0.15, 0.2) is 0 Å². The van der Waals surface area contributed by atoms with Crippen molar-refractivity contribution in [3.8, 4) is 0 Å². The highest BCUT2D eigenvalue weighted by atomic mass is 16.5. The lowest BCUT2D eigenvalue weighted by Crippen LogP contribution is -2.56. The lowest BCUT2D eigenvalue weighted by atomic mass is 9.46. The van der Waals surface area contributed by atoms with Gasteiger partial charge in [0, 0.05) is 18.6 Å². The van der Waals surface area contributed by atoms with E-state index >= 15 is 0 Å². The van der Waals surface area contributed by atoms with E-state index in [9.17, 15) is 4.79 Å². The van der Waals surface area contributed by atoms with Crippen molar-refractivity contribution in [2.75, 3.05) is 20.2 Å². The number of carbonyl (C=O) groups excluding carboxylic acids is 1. The van der Waals surface area contributed by atoms with Crippen molar-refractivity contribution < 1.29 is 9.53 Å². The molecule has 1 aromatic rings. The largest absolute Gasteiger partial charge is 0.465 e. The van der Waals surface area contributed by atoms with E-state index in [0.29, 0.717) is 33.8 Å². The van der Waals surface area contributed by atoms with Crippen LogP contribution in [0.2, 0.25) is 0 Å². The molecule has 8 atom stereocenters. The van der Waals surface area contributed by atoms with Gasteiger partial charge < -0.3 is 4.74 Å². The van der Waals surface area contributed by atoms with Crippen LogP contribution in [0.25, 0.3) is 5.57 Å². The second-order valence-corrected chi connectivity index (χ2v) is 14.9. The Morgan fingerprint density at radius 1 is 0.957 bits per heavy atom. The number of esters is 1. The molecule has 1 saturated heterocycles. The van der Waals surface area contributed by atoms with Gasteiger partial charge in [0.25, 0.3) is 0 Å². The Morgan fingerprint density at radius 2 is 1.57 bits per heavy atom. The third-order valence-electron chi connectivity index (χ3n) is 12.8. The Hall–Kier alpha value is -1.87. The summed E-state index contributed by atoms with van der Waals surface area (Å²) in [5.74, 6) is 3.74. The van der Waals surface area contributed by atoms with Crippen molar-refractivity contribution in [2.24, 2.45) is 40.4 Å². The van der Waals surface area contributed by atoms with Crippen LogP contribution >= 0.6 is 0 Å². The number of fused-ring (bicyclic) bond motifs is 3. The fourth-order valence-corrected chi connectivity index (χ4v) is 10.7. The smallest absolute Gasteiger partial charge is 0.337 e. The molecule has 0 spiro atoms. The molecular formula is C44H75NO2. The van der Waals surface area contributed by atoms with Crippen molar-refractivity contribution in [2.45, 2.75) is 152 Å². The monoisotopic (exact) mass is 650 g/mol. The van der Waals surface area contributed by atoms with E-state index in [0.717, 1.165) is 17.8 Å². The van der Waals surface area contributed by atoms with Gasteiger partial charge in [-0.25, -0.2) is 4.79 Å². The number of allylic oxidation sites excluding steroid dienone is 3. The second kappa shape index (κ2) is 18.8. The van der Waals surface area contributed by atoms with E-state index in [1.165, 1.54) is 102 Å². The molecule has 1 heterocycles. The average molecular weight is 650 g/mol. The minimum absolute atomic E-state index is 0.255. The van der Waals surface area contributed by atoms with Gasteiger partial charge in [0.05, 0.1) is 12.7 Å². The number of hydrogen-bond acceptors (Lipinski definition) is 3. The lowest BCUT2D eigenvalue weighted by Gasteiger charge is -2.61. The van der Waals surface area contributed by atoms with E-state index in [1.807, 2.05) is 60.6 Å². The summed E-state index contributed by atoms with van der Waals surface area (Å²) in [5, 5.41) is 0. The predicted octanol–water partition coefficient (Wildman–Crippen LogP) is 12.7. The van der Waals surface area contributed by atoms with Gasteiger partial charge in [0.1, 0.15) is 0 Å². The zero-order chi connectivity index (χ0) is 35.4. The standard InChI is InChI=1S/C35H51NO2.C3H6.3C2H6/c1-6-8-29-24(2)28(25-10-12-26(13-11-25)32(37)38-5)16-18-34(29,4)27-14-15-30-31-9-7-17-35(31,36-21-22-36)20-19-33(30,3)23-27;1-3-2;3*1-2/h10-13,16,24,27,29-31H,6-9,14-15,17-23H2,1-5H3;3H,1H2,2H3;3*1-2H3/t24?,27?,29?,30?,31?,33-,34?,35?;;;;/m0..../s1.